The lowest BCUT2D eigenvalue weighted by atomic mass is 10.2. The maximum atomic E-state index is 12.1. The number of carbonyl (C=O) groups excluding carboxylic acids is 1. The molecule has 0 bridgehead atoms. The van der Waals surface area contributed by atoms with Crippen LogP contribution in [0.2, 0.25) is 0 Å². The molecule has 1 atom stereocenters. The highest BCUT2D eigenvalue weighted by molar-refractivity contribution is 5.78. The van der Waals surface area contributed by atoms with E-state index in [9.17, 15) is 4.79 Å². The summed E-state index contributed by atoms with van der Waals surface area (Å²) in [5, 5.41) is 8.82. The lowest BCUT2D eigenvalue weighted by molar-refractivity contribution is -0.144. The average molecular weight is 281 g/mol. The Labute approximate surface area is 121 Å². The van der Waals surface area contributed by atoms with Crippen LogP contribution in [0.4, 0.5) is 0 Å². The van der Waals surface area contributed by atoms with Crippen LogP contribution in [0.3, 0.4) is 0 Å². The molecule has 0 aliphatic carbocycles. The fourth-order valence-electron chi connectivity index (χ4n) is 1.95. The van der Waals surface area contributed by atoms with Gasteiger partial charge in [-0.05, 0) is 30.3 Å². The van der Waals surface area contributed by atoms with Crippen LogP contribution in [0.5, 0.6) is 17.2 Å². The Morgan fingerprint density at radius 1 is 1.19 bits per heavy atom. The number of esters is 1. The summed E-state index contributed by atoms with van der Waals surface area (Å²) in [4.78, 5) is 12.1. The van der Waals surface area contributed by atoms with Crippen LogP contribution >= 0.6 is 0 Å². The number of para-hydroxylation sites is 2. The van der Waals surface area contributed by atoms with Crippen LogP contribution in [-0.4, -0.2) is 18.7 Å². The molecule has 0 spiro atoms. The van der Waals surface area contributed by atoms with Gasteiger partial charge in [-0.1, -0.05) is 18.2 Å². The molecule has 0 amide bonds. The van der Waals surface area contributed by atoms with E-state index in [-0.39, 0.29) is 6.61 Å². The molecule has 2 aromatic carbocycles. The molecule has 0 fully saturated rings. The van der Waals surface area contributed by atoms with Gasteiger partial charge in [-0.3, -0.25) is 0 Å². The summed E-state index contributed by atoms with van der Waals surface area (Å²) in [6.07, 6.45) is -0.828. The van der Waals surface area contributed by atoms with Gasteiger partial charge in [0, 0.05) is 0 Å². The minimum Gasteiger partial charge on any atom is -0.485 e. The molecular formula is C16H11NO4. The lowest BCUT2D eigenvalue weighted by Gasteiger charge is -2.24. The molecule has 5 heteroatoms. The molecule has 0 unspecified atom stereocenters. The Bertz CT molecular complexity index is 720. The molecule has 0 saturated carbocycles. The normalized spacial score (nSPS) is 15.9. The first kappa shape index (κ1) is 13.0. The van der Waals surface area contributed by atoms with Crippen LogP contribution in [0, 0.1) is 11.3 Å². The van der Waals surface area contributed by atoms with Crippen molar-refractivity contribution >= 4 is 5.97 Å². The van der Waals surface area contributed by atoms with Crippen LogP contribution in [0.15, 0.2) is 48.5 Å². The largest absolute Gasteiger partial charge is 0.485 e. The Kier molecular flexibility index (Phi) is 3.44. The summed E-state index contributed by atoms with van der Waals surface area (Å²) >= 11 is 0. The zero-order chi connectivity index (χ0) is 14.7. The van der Waals surface area contributed by atoms with Crippen LogP contribution in [0.25, 0.3) is 0 Å². The Morgan fingerprint density at radius 2 is 2.00 bits per heavy atom. The molecule has 2 aromatic rings. The zero-order valence-electron chi connectivity index (χ0n) is 11.0. The van der Waals surface area contributed by atoms with Gasteiger partial charge in [0.15, 0.2) is 11.5 Å². The van der Waals surface area contributed by atoms with Crippen LogP contribution in [-0.2, 0) is 4.79 Å². The van der Waals surface area contributed by atoms with Crippen molar-refractivity contribution < 1.29 is 19.0 Å². The first-order valence-corrected chi connectivity index (χ1v) is 6.36. The lowest BCUT2D eigenvalue weighted by Crippen LogP contribution is -2.39. The minimum absolute atomic E-state index is 0.0911. The SMILES string of the molecule is N#Cc1cccc(OC(=O)[C@H]2COc3ccccc3O2)c1. The molecule has 1 heterocycles. The van der Waals surface area contributed by atoms with E-state index in [0.29, 0.717) is 22.8 Å². The summed E-state index contributed by atoms with van der Waals surface area (Å²) in [5.41, 5.74) is 0.423. The van der Waals surface area contributed by atoms with E-state index in [1.807, 2.05) is 12.1 Å². The molecule has 104 valence electrons. The van der Waals surface area contributed by atoms with Gasteiger partial charge in [0.25, 0.3) is 0 Å². The molecule has 21 heavy (non-hydrogen) atoms. The van der Waals surface area contributed by atoms with E-state index in [1.165, 1.54) is 6.07 Å². The molecule has 5 nitrogen and oxygen atoms in total. The molecular weight excluding hydrogens is 270 g/mol. The number of hydrogen-bond acceptors (Lipinski definition) is 5. The quantitative estimate of drug-likeness (QED) is 0.624. The predicted octanol–water partition coefficient (Wildman–Crippen LogP) is 2.30. The third kappa shape index (κ3) is 2.79. The van der Waals surface area contributed by atoms with Gasteiger partial charge < -0.3 is 14.2 Å². The Hall–Kier alpha value is -3.00. The molecule has 0 radical (unpaired) electrons. The van der Waals surface area contributed by atoms with Crippen LogP contribution < -0.4 is 14.2 Å². The summed E-state index contributed by atoms with van der Waals surface area (Å²) in [6, 6.07) is 15.5. The van der Waals surface area contributed by atoms with Gasteiger partial charge in [0.1, 0.15) is 12.4 Å². The number of carbonyl (C=O) groups is 1. The van der Waals surface area contributed by atoms with E-state index >= 15 is 0 Å². The average Bonchev–Trinajstić information content (AvgIpc) is 2.54. The maximum Gasteiger partial charge on any atom is 0.356 e. The van der Waals surface area contributed by atoms with Crippen molar-refractivity contribution in [3.8, 4) is 23.3 Å². The first-order chi connectivity index (χ1) is 10.3. The second-order valence-electron chi connectivity index (χ2n) is 4.42. The van der Waals surface area contributed by atoms with Crippen molar-refractivity contribution in [1.29, 1.82) is 5.26 Å². The topological polar surface area (TPSA) is 68.5 Å². The summed E-state index contributed by atoms with van der Waals surface area (Å²) in [6.45, 7) is 0.0911. The highest BCUT2D eigenvalue weighted by atomic mass is 16.6. The van der Waals surface area contributed by atoms with E-state index < -0.39 is 12.1 Å². The van der Waals surface area contributed by atoms with E-state index in [2.05, 4.69) is 0 Å². The molecule has 1 aliphatic rings. The van der Waals surface area contributed by atoms with E-state index in [4.69, 9.17) is 19.5 Å². The zero-order valence-corrected chi connectivity index (χ0v) is 11.0. The van der Waals surface area contributed by atoms with Gasteiger partial charge in [-0.2, -0.15) is 5.26 Å². The number of fused-ring (bicyclic) bond motifs is 1. The van der Waals surface area contributed by atoms with Gasteiger partial charge in [-0.15, -0.1) is 0 Å². The number of rotatable bonds is 2. The number of nitriles is 1. The number of benzene rings is 2. The fourth-order valence-corrected chi connectivity index (χ4v) is 1.95. The van der Waals surface area contributed by atoms with Gasteiger partial charge in [0.05, 0.1) is 11.6 Å². The van der Waals surface area contributed by atoms with E-state index in [1.54, 1.807) is 36.4 Å². The van der Waals surface area contributed by atoms with Crippen molar-refractivity contribution in [2.45, 2.75) is 6.10 Å². The fraction of sp³-hybridized carbons (Fsp3) is 0.125. The Morgan fingerprint density at radius 3 is 2.81 bits per heavy atom. The van der Waals surface area contributed by atoms with Crippen molar-refractivity contribution in [3.05, 3.63) is 54.1 Å². The minimum atomic E-state index is -0.828. The monoisotopic (exact) mass is 281 g/mol. The highest BCUT2D eigenvalue weighted by Gasteiger charge is 2.29. The van der Waals surface area contributed by atoms with Gasteiger partial charge >= 0.3 is 5.97 Å². The van der Waals surface area contributed by atoms with Gasteiger partial charge in [-0.25, -0.2) is 4.79 Å². The van der Waals surface area contributed by atoms with Crippen molar-refractivity contribution in [1.82, 2.24) is 0 Å². The predicted molar refractivity (Wildman–Crippen MR) is 73.1 cm³/mol. The van der Waals surface area contributed by atoms with Crippen LogP contribution in [0.1, 0.15) is 5.56 Å². The molecule has 1 aliphatic heterocycles. The smallest absolute Gasteiger partial charge is 0.356 e. The summed E-state index contributed by atoms with van der Waals surface area (Å²) < 4.78 is 16.2. The number of ether oxygens (including phenoxy) is 3. The third-order valence-corrected chi connectivity index (χ3v) is 2.95. The molecule has 0 aromatic heterocycles. The first-order valence-electron chi connectivity index (χ1n) is 6.36. The Balaban J connectivity index is 1.71. The highest BCUT2D eigenvalue weighted by Crippen LogP contribution is 2.31. The second kappa shape index (κ2) is 5.55. The molecule has 0 N–H and O–H groups in total. The van der Waals surface area contributed by atoms with Crippen molar-refractivity contribution in [2.24, 2.45) is 0 Å². The molecule has 0 saturated heterocycles. The second-order valence-corrected chi connectivity index (χ2v) is 4.42. The maximum absolute atomic E-state index is 12.1. The van der Waals surface area contributed by atoms with Crippen molar-refractivity contribution in [2.75, 3.05) is 6.61 Å². The van der Waals surface area contributed by atoms with Gasteiger partial charge in [0.2, 0.25) is 6.10 Å². The van der Waals surface area contributed by atoms with E-state index in [0.717, 1.165) is 0 Å². The number of nitrogens with zero attached hydrogens (tertiary/aromatic N) is 1. The van der Waals surface area contributed by atoms with Crippen molar-refractivity contribution in [3.63, 3.8) is 0 Å². The summed E-state index contributed by atoms with van der Waals surface area (Å²) in [5.74, 6) is 0.866. The third-order valence-electron chi connectivity index (χ3n) is 2.95. The molecule has 3 rings (SSSR count). The summed E-state index contributed by atoms with van der Waals surface area (Å²) in [7, 11) is 0. The standard InChI is InChI=1S/C16H11NO4/c17-9-11-4-3-5-12(8-11)20-16(18)15-10-19-13-6-1-2-7-14(13)21-15/h1-8,15H,10H2/t15-/m1/s1. The number of hydrogen-bond donors (Lipinski definition) is 0.